The fourth-order valence-corrected chi connectivity index (χ4v) is 2.85. The molecule has 0 bridgehead atoms. The summed E-state index contributed by atoms with van der Waals surface area (Å²) in [7, 11) is 0. The van der Waals surface area contributed by atoms with Crippen LogP contribution in [0.5, 0.6) is 0 Å². The Morgan fingerprint density at radius 2 is 2.05 bits per heavy atom. The average molecular weight is 316 g/mol. The van der Waals surface area contributed by atoms with Crippen molar-refractivity contribution in [3.8, 4) is 0 Å². The number of guanidine groups is 1. The number of benzene rings is 1. The third kappa shape index (κ3) is 5.15. The van der Waals surface area contributed by atoms with Crippen molar-refractivity contribution in [2.75, 3.05) is 13.1 Å². The fourth-order valence-electron chi connectivity index (χ4n) is 2.13. The molecule has 1 aromatic heterocycles. The van der Waals surface area contributed by atoms with E-state index in [9.17, 15) is 0 Å². The first-order chi connectivity index (χ1) is 10.7. The highest BCUT2D eigenvalue weighted by atomic mass is 32.1. The molecular formula is C17H24N4S. The zero-order valence-electron chi connectivity index (χ0n) is 13.5. The molecule has 0 saturated carbocycles. The van der Waals surface area contributed by atoms with E-state index < -0.39 is 0 Å². The number of thiazole rings is 1. The number of aromatic nitrogens is 1. The van der Waals surface area contributed by atoms with Crippen LogP contribution in [0, 0.1) is 6.92 Å². The predicted octanol–water partition coefficient (Wildman–Crippen LogP) is 3.31. The third-order valence-electron chi connectivity index (χ3n) is 3.35. The van der Waals surface area contributed by atoms with E-state index in [1.165, 1.54) is 10.4 Å². The van der Waals surface area contributed by atoms with Crippen LogP contribution in [0.2, 0.25) is 0 Å². The van der Waals surface area contributed by atoms with Crippen LogP contribution in [0.25, 0.3) is 0 Å². The standard InChI is InChI=1S/C17H24N4S/c1-4-18-17(21-12-16-11-19-14(3)22-16)20-10-13(2)15-8-6-5-7-9-15/h5-9,11,13H,4,10,12H2,1-3H3,(H2,18,20,21). The Morgan fingerprint density at radius 1 is 1.27 bits per heavy atom. The molecule has 118 valence electrons. The van der Waals surface area contributed by atoms with E-state index in [2.05, 4.69) is 58.7 Å². The lowest BCUT2D eigenvalue weighted by Crippen LogP contribution is -2.39. The second-order valence-electron chi connectivity index (χ2n) is 5.23. The van der Waals surface area contributed by atoms with E-state index in [1.54, 1.807) is 11.3 Å². The lowest BCUT2D eigenvalue weighted by atomic mass is 10.0. The maximum absolute atomic E-state index is 4.63. The van der Waals surface area contributed by atoms with Gasteiger partial charge in [0.05, 0.1) is 11.6 Å². The van der Waals surface area contributed by atoms with Crippen LogP contribution in [0.4, 0.5) is 0 Å². The summed E-state index contributed by atoms with van der Waals surface area (Å²) in [5.41, 5.74) is 1.34. The smallest absolute Gasteiger partial charge is 0.191 e. The normalized spacial score (nSPS) is 13.0. The topological polar surface area (TPSA) is 49.3 Å². The number of rotatable bonds is 6. The summed E-state index contributed by atoms with van der Waals surface area (Å²) in [6.07, 6.45) is 1.90. The summed E-state index contributed by atoms with van der Waals surface area (Å²) >= 11 is 1.70. The van der Waals surface area contributed by atoms with E-state index >= 15 is 0 Å². The summed E-state index contributed by atoms with van der Waals surface area (Å²) in [5.74, 6) is 1.30. The van der Waals surface area contributed by atoms with Crippen LogP contribution in [-0.2, 0) is 6.54 Å². The van der Waals surface area contributed by atoms with E-state index in [0.29, 0.717) is 12.5 Å². The highest BCUT2D eigenvalue weighted by Gasteiger charge is 2.06. The number of aliphatic imine (C=N–C) groups is 1. The maximum Gasteiger partial charge on any atom is 0.191 e. The highest BCUT2D eigenvalue weighted by Crippen LogP contribution is 2.14. The SMILES string of the molecule is CCNC(=NCc1cnc(C)s1)NCC(C)c1ccccc1. The molecule has 4 nitrogen and oxygen atoms in total. The molecule has 2 N–H and O–H groups in total. The molecule has 1 heterocycles. The molecule has 0 aliphatic heterocycles. The first-order valence-electron chi connectivity index (χ1n) is 7.67. The molecule has 0 amide bonds. The Morgan fingerprint density at radius 3 is 2.68 bits per heavy atom. The number of hydrogen-bond acceptors (Lipinski definition) is 3. The Kier molecular flexibility index (Phi) is 6.40. The van der Waals surface area contributed by atoms with Gasteiger partial charge in [0.1, 0.15) is 0 Å². The van der Waals surface area contributed by atoms with Gasteiger partial charge < -0.3 is 10.6 Å². The third-order valence-corrected chi connectivity index (χ3v) is 4.25. The maximum atomic E-state index is 4.63. The lowest BCUT2D eigenvalue weighted by Gasteiger charge is -2.16. The van der Waals surface area contributed by atoms with E-state index in [1.807, 2.05) is 19.2 Å². The van der Waals surface area contributed by atoms with Gasteiger partial charge in [-0.05, 0) is 25.3 Å². The highest BCUT2D eigenvalue weighted by molar-refractivity contribution is 7.11. The van der Waals surface area contributed by atoms with Crippen molar-refractivity contribution < 1.29 is 0 Å². The molecule has 0 saturated heterocycles. The van der Waals surface area contributed by atoms with Crippen LogP contribution in [0.1, 0.15) is 35.2 Å². The van der Waals surface area contributed by atoms with Crippen LogP contribution < -0.4 is 10.6 Å². The summed E-state index contributed by atoms with van der Waals surface area (Å²) in [6, 6.07) is 10.5. The minimum atomic E-state index is 0.440. The molecule has 1 unspecified atom stereocenters. The molecule has 0 fully saturated rings. The van der Waals surface area contributed by atoms with Crippen molar-refractivity contribution in [1.82, 2.24) is 15.6 Å². The molecule has 0 radical (unpaired) electrons. The molecule has 0 aliphatic rings. The molecule has 5 heteroatoms. The molecule has 22 heavy (non-hydrogen) atoms. The average Bonchev–Trinajstić information content (AvgIpc) is 2.96. The van der Waals surface area contributed by atoms with Crippen molar-refractivity contribution in [1.29, 1.82) is 0 Å². The van der Waals surface area contributed by atoms with Crippen molar-refractivity contribution >= 4 is 17.3 Å². The summed E-state index contributed by atoms with van der Waals surface area (Å²) < 4.78 is 0. The summed E-state index contributed by atoms with van der Waals surface area (Å²) in [4.78, 5) is 10.1. The Balaban J connectivity index is 1.90. The second kappa shape index (κ2) is 8.54. The van der Waals surface area contributed by atoms with Crippen LogP contribution >= 0.6 is 11.3 Å². The predicted molar refractivity (Wildman–Crippen MR) is 94.5 cm³/mol. The van der Waals surface area contributed by atoms with E-state index in [4.69, 9.17) is 0 Å². The van der Waals surface area contributed by atoms with Crippen LogP contribution in [0.15, 0.2) is 41.5 Å². The summed E-state index contributed by atoms with van der Waals surface area (Å²) in [5, 5.41) is 7.79. The number of nitrogens with zero attached hydrogens (tertiary/aromatic N) is 2. The lowest BCUT2D eigenvalue weighted by molar-refractivity contribution is 0.700. The molecule has 0 spiro atoms. The number of hydrogen-bond donors (Lipinski definition) is 2. The van der Waals surface area contributed by atoms with Crippen LogP contribution in [-0.4, -0.2) is 24.0 Å². The van der Waals surface area contributed by atoms with Gasteiger partial charge >= 0.3 is 0 Å². The van der Waals surface area contributed by atoms with Gasteiger partial charge in [-0.2, -0.15) is 0 Å². The van der Waals surface area contributed by atoms with Crippen molar-refractivity contribution in [3.63, 3.8) is 0 Å². The monoisotopic (exact) mass is 316 g/mol. The second-order valence-corrected chi connectivity index (χ2v) is 6.55. The van der Waals surface area contributed by atoms with Crippen molar-refractivity contribution in [2.24, 2.45) is 4.99 Å². The molecule has 0 aliphatic carbocycles. The van der Waals surface area contributed by atoms with Gasteiger partial charge in [0.15, 0.2) is 5.96 Å². The van der Waals surface area contributed by atoms with Crippen molar-refractivity contribution in [2.45, 2.75) is 33.2 Å². The van der Waals surface area contributed by atoms with Gasteiger partial charge in [0, 0.05) is 24.2 Å². The Bertz CT molecular complexity index is 592. The molecule has 2 rings (SSSR count). The molecule has 1 aromatic carbocycles. The van der Waals surface area contributed by atoms with Crippen LogP contribution in [0.3, 0.4) is 0 Å². The Labute approximate surface area is 136 Å². The van der Waals surface area contributed by atoms with Gasteiger partial charge in [-0.1, -0.05) is 37.3 Å². The zero-order chi connectivity index (χ0) is 15.8. The fraction of sp³-hybridized carbons (Fsp3) is 0.412. The number of nitrogens with one attached hydrogen (secondary N) is 2. The van der Waals surface area contributed by atoms with Crippen molar-refractivity contribution in [3.05, 3.63) is 52.0 Å². The minimum Gasteiger partial charge on any atom is -0.357 e. The first kappa shape index (κ1) is 16.5. The minimum absolute atomic E-state index is 0.440. The van der Waals surface area contributed by atoms with Gasteiger partial charge in [0.25, 0.3) is 0 Å². The quantitative estimate of drug-likeness (QED) is 0.635. The first-order valence-corrected chi connectivity index (χ1v) is 8.49. The molecule has 1 atom stereocenters. The van der Waals surface area contributed by atoms with E-state index in [-0.39, 0.29) is 0 Å². The Hall–Kier alpha value is -1.88. The molecule has 2 aromatic rings. The van der Waals surface area contributed by atoms with Gasteiger partial charge in [-0.25, -0.2) is 9.98 Å². The summed E-state index contributed by atoms with van der Waals surface area (Å²) in [6.45, 7) is 8.70. The van der Waals surface area contributed by atoms with Gasteiger partial charge in [-0.3, -0.25) is 0 Å². The zero-order valence-corrected chi connectivity index (χ0v) is 14.3. The van der Waals surface area contributed by atoms with Gasteiger partial charge in [-0.15, -0.1) is 11.3 Å². The van der Waals surface area contributed by atoms with Gasteiger partial charge in [0.2, 0.25) is 0 Å². The molecular weight excluding hydrogens is 292 g/mol. The van der Waals surface area contributed by atoms with E-state index in [0.717, 1.165) is 24.1 Å². The largest absolute Gasteiger partial charge is 0.357 e. The number of aryl methyl sites for hydroxylation is 1.